The molecule has 4 unspecified atom stereocenters. The standard InChI is InChI=1S/C26H43N7O2/c27-10-5-19-4-9-26(7-2-1-3-8-26)16-20(31-17-19)23(24(28)29)25(34)32-21-18-30-11-6-22(21)33-12-14-35-15-13-33/h4,9,17,20-24,30-31H,1-3,5-8,11-16,18,28-29H2,(H,32,34)/b9-4-,19-17-. The monoisotopic (exact) mass is 485 g/mol. The number of amides is 1. The summed E-state index contributed by atoms with van der Waals surface area (Å²) in [6.07, 6.45) is 13.4. The van der Waals surface area contributed by atoms with E-state index in [0.717, 1.165) is 70.6 Å². The molecule has 1 saturated carbocycles. The second-order valence-corrected chi connectivity index (χ2v) is 10.7. The molecule has 1 amide bonds. The number of hydrogen-bond donors (Lipinski definition) is 5. The SMILES string of the molecule is N#CCC1=C\NC(C(C(=O)NC2CNCCC2N2CCOCC2)C(N)N)CC2(/C=C\1)CCCCC2. The third-order valence-electron chi connectivity index (χ3n) is 8.33. The van der Waals surface area contributed by atoms with E-state index >= 15 is 0 Å². The molecule has 0 aromatic carbocycles. The third kappa shape index (κ3) is 6.63. The lowest BCUT2D eigenvalue weighted by Gasteiger charge is -2.44. The van der Waals surface area contributed by atoms with Crippen molar-refractivity contribution in [1.82, 2.24) is 20.9 Å². The first-order valence-corrected chi connectivity index (χ1v) is 13.4. The molecule has 4 aliphatic rings. The van der Waals surface area contributed by atoms with Crippen molar-refractivity contribution in [2.45, 2.75) is 75.7 Å². The van der Waals surface area contributed by atoms with Crippen molar-refractivity contribution in [3.63, 3.8) is 0 Å². The molecule has 0 radical (unpaired) electrons. The molecule has 0 bridgehead atoms. The van der Waals surface area contributed by atoms with Crippen LogP contribution in [0.15, 0.2) is 23.9 Å². The van der Waals surface area contributed by atoms with Crippen LogP contribution in [0.2, 0.25) is 0 Å². The van der Waals surface area contributed by atoms with Crippen molar-refractivity contribution in [3.8, 4) is 6.07 Å². The smallest absolute Gasteiger partial charge is 0.228 e. The molecule has 1 aliphatic carbocycles. The fourth-order valence-corrected chi connectivity index (χ4v) is 6.41. The van der Waals surface area contributed by atoms with Gasteiger partial charge in [0.2, 0.25) is 5.91 Å². The number of hydrogen-bond acceptors (Lipinski definition) is 8. The van der Waals surface area contributed by atoms with Crippen LogP contribution in [-0.2, 0) is 9.53 Å². The third-order valence-corrected chi connectivity index (χ3v) is 8.33. The van der Waals surface area contributed by atoms with E-state index in [1.165, 1.54) is 19.3 Å². The van der Waals surface area contributed by atoms with Crippen molar-refractivity contribution in [1.29, 1.82) is 5.26 Å². The van der Waals surface area contributed by atoms with Crippen molar-refractivity contribution in [2.24, 2.45) is 22.8 Å². The molecular weight excluding hydrogens is 442 g/mol. The normalized spacial score (nSPS) is 32.9. The van der Waals surface area contributed by atoms with Crippen molar-refractivity contribution >= 4 is 5.91 Å². The van der Waals surface area contributed by atoms with E-state index in [2.05, 4.69) is 39.1 Å². The average Bonchev–Trinajstić information content (AvgIpc) is 2.86. The van der Waals surface area contributed by atoms with Crippen molar-refractivity contribution < 1.29 is 9.53 Å². The Morgan fingerprint density at radius 1 is 1.29 bits per heavy atom. The lowest BCUT2D eigenvalue weighted by atomic mass is 9.67. The van der Waals surface area contributed by atoms with Crippen LogP contribution < -0.4 is 27.4 Å². The summed E-state index contributed by atoms with van der Waals surface area (Å²) in [5.74, 6) is -0.664. The van der Waals surface area contributed by atoms with E-state index in [0.29, 0.717) is 6.42 Å². The highest BCUT2D eigenvalue weighted by atomic mass is 16.5. The summed E-state index contributed by atoms with van der Waals surface area (Å²) in [5.41, 5.74) is 13.5. The predicted octanol–water partition coefficient (Wildman–Crippen LogP) is 0.691. The molecule has 9 nitrogen and oxygen atoms in total. The van der Waals surface area contributed by atoms with Gasteiger partial charge in [-0.2, -0.15) is 5.26 Å². The number of piperidine rings is 1. The van der Waals surface area contributed by atoms with Gasteiger partial charge < -0.3 is 32.2 Å². The molecule has 7 N–H and O–H groups in total. The van der Waals surface area contributed by atoms with Gasteiger partial charge in [0.05, 0.1) is 43.8 Å². The van der Waals surface area contributed by atoms with Crippen LogP contribution in [0.25, 0.3) is 0 Å². The Bertz CT molecular complexity index is 809. The Hall–Kier alpha value is -1.96. The molecule has 4 rings (SSSR count). The lowest BCUT2D eigenvalue weighted by molar-refractivity contribution is -0.128. The van der Waals surface area contributed by atoms with Crippen LogP contribution in [0.3, 0.4) is 0 Å². The summed E-state index contributed by atoms with van der Waals surface area (Å²) >= 11 is 0. The number of nitrogens with two attached hydrogens (primary N) is 2. The first-order chi connectivity index (χ1) is 17.0. The van der Waals surface area contributed by atoms with E-state index in [-0.39, 0.29) is 29.4 Å². The maximum atomic E-state index is 13.8. The lowest BCUT2D eigenvalue weighted by Crippen LogP contribution is -2.64. The van der Waals surface area contributed by atoms with Crippen LogP contribution in [0.4, 0.5) is 0 Å². The molecular formula is C26H43N7O2. The number of nitrogens with one attached hydrogen (secondary N) is 3. The summed E-state index contributed by atoms with van der Waals surface area (Å²) in [7, 11) is 0. The molecule has 0 aromatic heterocycles. The first-order valence-electron chi connectivity index (χ1n) is 13.4. The highest BCUT2D eigenvalue weighted by Crippen LogP contribution is 2.43. The summed E-state index contributed by atoms with van der Waals surface area (Å²) < 4.78 is 5.54. The molecule has 3 aliphatic heterocycles. The van der Waals surface area contributed by atoms with Crippen molar-refractivity contribution in [2.75, 3.05) is 39.4 Å². The number of nitrogens with zero attached hydrogens (tertiary/aromatic N) is 2. The summed E-state index contributed by atoms with van der Waals surface area (Å²) in [5, 5.41) is 19.5. The topological polar surface area (TPSA) is 141 Å². The highest BCUT2D eigenvalue weighted by molar-refractivity contribution is 5.80. The molecule has 0 aromatic rings. The summed E-state index contributed by atoms with van der Waals surface area (Å²) in [6.45, 7) is 4.93. The zero-order valence-corrected chi connectivity index (χ0v) is 20.9. The molecule has 194 valence electrons. The van der Waals surface area contributed by atoms with Crippen LogP contribution in [0.5, 0.6) is 0 Å². The van der Waals surface area contributed by atoms with Gasteiger partial charge in [-0.1, -0.05) is 31.4 Å². The van der Waals surface area contributed by atoms with Gasteiger partial charge in [-0.25, -0.2) is 0 Å². The van der Waals surface area contributed by atoms with Crippen LogP contribution in [-0.4, -0.2) is 74.5 Å². The minimum Gasteiger partial charge on any atom is -0.387 e. The molecule has 3 heterocycles. The molecule has 1 spiro atoms. The number of ether oxygens (including phenoxy) is 1. The van der Waals surface area contributed by atoms with Gasteiger partial charge in [0.15, 0.2) is 0 Å². The molecule has 9 heteroatoms. The molecule has 3 fully saturated rings. The van der Waals surface area contributed by atoms with Gasteiger partial charge in [-0.05, 0) is 43.2 Å². The minimum absolute atomic E-state index is 0.00102. The van der Waals surface area contributed by atoms with Crippen molar-refractivity contribution in [3.05, 3.63) is 23.9 Å². The second kappa shape index (κ2) is 12.3. The quantitative estimate of drug-likeness (QED) is 0.346. The number of rotatable bonds is 6. The first kappa shape index (κ1) is 26.1. The maximum Gasteiger partial charge on any atom is 0.228 e. The second-order valence-electron chi connectivity index (χ2n) is 10.7. The number of nitriles is 1. The Kier molecular flexibility index (Phi) is 9.20. The fourth-order valence-electron chi connectivity index (χ4n) is 6.41. The fraction of sp³-hybridized carbons (Fsp3) is 0.769. The van der Waals surface area contributed by atoms with Gasteiger partial charge in [-0.3, -0.25) is 9.69 Å². The molecule has 2 saturated heterocycles. The number of carbonyl (C=O) groups is 1. The Labute approximate surface area is 209 Å². The number of allylic oxidation sites excluding steroid dienone is 3. The Morgan fingerprint density at radius 3 is 2.77 bits per heavy atom. The van der Waals surface area contributed by atoms with Gasteiger partial charge in [-0.15, -0.1) is 0 Å². The summed E-state index contributed by atoms with van der Waals surface area (Å²) in [6, 6.07) is 2.32. The Morgan fingerprint density at radius 2 is 2.06 bits per heavy atom. The number of morpholine rings is 1. The predicted molar refractivity (Wildman–Crippen MR) is 136 cm³/mol. The minimum atomic E-state index is -0.789. The Balaban J connectivity index is 1.53. The van der Waals surface area contributed by atoms with Gasteiger partial charge >= 0.3 is 0 Å². The van der Waals surface area contributed by atoms with E-state index < -0.39 is 12.1 Å². The molecule has 35 heavy (non-hydrogen) atoms. The van der Waals surface area contributed by atoms with Gasteiger partial charge in [0.25, 0.3) is 0 Å². The summed E-state index contributed by atoms with van der Waals surface area (Å²) in [4.78, 5) is 16.2. The number of carbonyl (C=O) groups excluding carboxylic acids is 1. The van der Waals surface area contributed by atoms with Crippen LogP contribution in [0.1, 0.15) is 51.4 Å². The van der Waals surface area contributed by atoms with E-state index in [1.807, 2.05) is 6.20 Å². The maximum absolute atomic E-state index is 13.8. The van der Waals surface area contributed by atoms with Gasteiger partial charge in [0, 0.05) is 37.9 Å². The molecule has 4 atom stereocenters. The van der Waals surface area contributed by atoms with Gasteiger partial charge in [0.1, 0.15) is 0 Å². The van der Waals surface area contributed by atoms with E-state index in [9.17, 15) is 10.1 Å². The highest BCUT2D eigenvalue weighted by Gasteiger charge is 2.41. The zero-order chi connectivity index (χ0) is 24.7. The van der Waals surface area contributed by atoms with E-state index in [4.69, 9.17) is 16.2 Å². The van der Waals surface area contributed by atoms with Crippen LogP contribution >= 0.6 is 0 Å². The largest absolute Gasteiger partial charge is 0.387 e. The average molecular weight is 486 g/mol. The van der Waals surface area contributed by atoms with Crippen LogP contribution in [0, 0.1) is 22.7 Å². The van der Waals surface area contributed by atoms with E-state index in [1.54, 1.807) is 0 Å². The zero-order valence-electron chi connectivity index (χ0n) is 20.9.